The van der Waals surface area contributed by atoms with Gasteiger partial charge in [-0.3, -0.25) is 0 Å². The standard InChI is InChI=1S/C15H23P/c1-13-9-11-15(12-10-13)16-14-7-5-3-2-4-6-8-14/h9-12,14,16H,2-8H2,1H3. The van der Waals surface area contributed by atoms with Crippen molar-refractivity contribution in [1.29, 1.82) is 0 Å². The fourth-order valence-electron chi connectivity index (χ4n) is 2.49. The van der Waals surface area contributed by atoms with Crippen LogP contribution < -0.4 is 5.30 Å². The first kappa shape index (κ1) is 12.1. The summed E-state index contributed by atoms with van der Waals surface area (Å²) in [5.41, 5.74) is 2.36. The monoisotopic (exact) mass is 234 g/mol. The third-order valence-corrected chi connectivity index (χ3v) is 5.18. The molecule has 1 fully saturated rings. The smallest absolute Gasteiger partial charge is 0.0196 e. The molecule has 0 aliphatic heterocycles. The van der Waals surface area contributed by atoms with E-state index in [1.54, 1.807) is 5.30 Å². The number of benzene rings is 1. The van der Waals surface area contributed by atoms with Crippen LogP contribution in [0.25, 0.3) is 0 Å². The van der Waals surface area contributed by atoms with Crippen LogP contribution in [0.3, 0.4) is 0 Å². The van der Waals surface area contributed by atoms with Gasteiger partial charge in [-0.2, -0.15) is 0 Å². The van der Waals surface area contributed by atoms with Gasteiger partial charge in [-0.05, 0) is 30.7 Å². The van der Waals surface area contributed by atoms with Gasteiger partial charge in [0.1, 0.15) is 0 Å². The second kappa shape index (κ2) is 6.40. The maximum Gasteiger partial charge on any atom is -0.0196 e. The van der Waals surface area contributed by atoms with Crippen LogP contribution in [0.2, 0.25) is 0 Å². The summed E-state index contributed by atoms with van der Waals surface area (Å²) in [5.74, 6) is 0. The molecular weight excluding hydrogens is 211 g/mol. The molecule has 1 saturated carbocycles. The molecule has 0 N–H and O–H groups in total. The Morgan fingerprint density at radius 1 is 0.875 bits per heavy atom. The van der Waals surface area contributed by atoms with Crippen molar-refractivity contribution >= 4 is 13.9 Å². The second-order valence-electron chi connectivity index (χ2n) is 5.05. The maximum atomic E-state index is 2.33. The summed E-state index contributed by atoms with van der Waals surface area (Å²) in [6, 6.07) is 9.16. The molecule has 0 amide bonds. The third kappa shape index (κ3) is 3.91. The number of hydrogen-bond acceptors (Lipinski definition) is 0. The Balaban J connectivity index is 1.89. The zero-order chi connectivity index (χ0) is 11.2. The molecule has 1 atom stereocenters. The first-order valence-electron chi connectivity index (χ1n) is 6.68. The summed E-state index contributed by atoms with van der Waals surface area (Å²) in [5, 5.41) is 1.57. The molecule has 1 aliphatic carbocycles. The van der Waals surface area contributed by atoms with Gasteiger partial charge < -0.3 is 0 Å². The van der Waals surface area contributed by atoms with E-state index < -0.39 is 0 Å². The van der Waals surface area contributed by atoms with Gasteiger partial charge in [0.2, 0.25) is 0 Å². The molecule has 1 aromatic rings. The molecule has 0 saturated heterocycles. The van der Waals surface area contributed by atoms with Crippen LogP contribution in [0.4, 0.5) is 0 Å². The minimum absolute atomic E-state index is 0.975. The van der Waals surface area contributed by atoms with E-state index in [2.05, 4.69) is 31.2 Å². The molecule has 1 heteroatoms. The Morgan fingerprint density at radius 3 is 2.06 bits per heavy atom. The van der Waals surface area contributed by atoms with Gasteiger partial charge >= 0.3 is 0 Å². The molecule has 0 bridgehead atoms. The van der Waals surface area contributed by atoms with Crippen LogP contribution in [0.5, 0.6) is 0 Å². The first-order valence-corrected chi connectivity index (χ1v) is 7.75. The lowest BCUT2D eigenvalue weighted by atomic mass is 10.0. The lowest BCUT2D eigenvalue weighted by molar-refractivity contribution is 0.512. The molecule has 0 heterocycles. The van der Waals surface area contributed by atoms with Crippen molar-refractivity contribution < 1.29 is 0 Å². The molecule has 1 unspecified atom stereocenters. The summed E-state index contributed by atoms with van der Waals surface area (Å²) >= 11 is 0. The molecule has 0 aromatic heterocycles. The molecule has 1 aliphatic rings. The van der Waals surface area contributed by atoms with Crippen LogP contribution in [0.15, 0.2) is 24.3 Å². The molecule has 0 spiro atoms. The van der Waals surface area contributed by atoms with E-state index in [0.29, 0.717) is 0 Å². The van der Waals surface area contributed by atoms with E-state index in [1.165, 1.54) is 50.5 Å². The van der Waals surface area contributed by atoms with Crippen molar-refractivity contribution in [2.24, 2.45) is 0 Å². The lowest BCUT2D eigenvalue weighted by Crippen LogP contribution is -2.08. The highest BCUT2D eigenvalue weighted by Gasteiger charge is 2.11. The molecule has 16 heavy (non-hydrogen) atoms. The third-order valence-electron chi connectivity index (χ3n) is 3.53. The first-order chi connectivity index (χ1) is 7.84. The SMILES string of the molecule is Cc1ccc(PC2CCCCCCC2)cc1. The average molecular weight is 234 g/mol. The highest BCUT2D eigenvalue weighted by Crippen LogP contribution is 2.30. The van der Waals surface area contributed by atoms with Crippen LogP contribution in [0.1, 0.15) is 50.5 Å². The Morgan fingerprint density at radius 2 is 1.44 bits per heavy atom. The number of rotatable bonds is 2. The Hall–Kier alpha value is -0.350. The Bertz CT molecular complexity index is 294. The predicted octanol–water partition coefficient (Wildman–Crippen LogP) is 4.41. The summed E-state index contributed by atoms with van der Waals surface area (Å²) in [6.45, 7) is 2.17. The van der Waals surface area contributed by atoms with Gasteiger partial charge in [0.25, 0.3) is 0 Å². The van der Waals surface area contributed by atoms with Crippen LogP contribution in [0, 0.1) is 6.92 Å². The van der Waals surface area contributed by atoms with Crippen molar-refractivity contribution in [2.45, 2.75) is 57.5 Å². The van der Waals surface area contributed by atoms with Crippen molar-refractivity contribution in [3.63, 3.8) is 0 Å². The van der Waals surface area contributed by atoms with Crippen LogP contribution in [-0.4, -0.2) is 5.66 Å². The minimum atomic E-state index is 0.975. The Kier molecular flexibility index (Phi) is 4.85. The molecule has 88 valence electrons. The molecule has 2 rings (SSSR count). The quantitative estimate of drug-likeness (QED) is 0.665. The van der Waals surface area contributed by atoms with E-state index in [9.17, 15) is 0 Å². The second-order valence-corrected chi connectivity index (χ2v) is 6.73. The topological polar surface area (TPSA) is 0 Å². The molecule has 1 aromatic carbocycles. The van der Waals surface area contributed by atoms with E-state index >= 15 is 0 Å². The zero-order valence-electron chi connectivity index (χ0n) is 10.3. The minimum Gasteiger partial charge on any atom is -0.0872 e. The van der Waals surface area contributed by atoms with Crippen molar-refractivity contribution in [1.82, 2.24) is 0 Å². The fraction of sp³-hybridized carbons (Fsp3) is 0.600. The Labute approximate surface area is 102 Å². The normalized spacial score (nSPS) is 19.8. The number of aryl methyl sites for hydroxylation is 1. The van der Waals surface area contributed by atoms with E-state index in [1.807, 2.05) is 0 Å². The van der Waals surface area contributed by atoms with Gasteiger partial charge in [-0.25, -0.2) is 0 Å². The predicted molar refractivity (Wildman–Crippen MR) is 75.2 cm³/mol. The van der Waals surface area contributed by atoms with Gasteiger partial charge in [0, 0.05) is 0 Å². The van der Waals surface area contributed by atoms with Crippen LogP contribution in [-0.2, 0) is 0 Å². The maximum absolute atomic E-state index is 2.33. The lowest BCUT2D eigenvalue weighted by Gasteiger charge is -2.19. The fourth-order valence-corrected chi connectivity index (χ4v) is 4.01. The van der Waals surface area contributed by atoms with Gasteiger partial charge in [-0.1, -0.05) is 70.5 Å². The van der Waals surface area contributed by atoms with Gasteiger partial charge in [-0.15, -0.1) is 0 Å². The van der Waals surface area contributed by atoms with Crippen molar-refractivity contribution in [3.8, 4) is 0 Å². The van der Waals surface area contributed by atoms with Crippen molar-refractivity contribution in [3.05, 3.63) is 29.8 Å². The van der Waals surface area contributed by atoms with Crippen LogP contribution >= 0.6 is 8.58 Å². The van der Waals surface area contributed by atoms with Gasteiger partial charge in [0.15, 0.2) is 0 Å². The van der Waals surface area contributed by atoms with E-state index in [0.717, 1.165) is 14.2 Å². The highest BCUT2D eigenvalue weighted by molar-refractivity contribution is 7.48. The molecule has 0 radical (unpaired) electrons. The number of hydrogen-bond donors (Lipinski definition) is 0. The van der Waals surface area contributed by atoms with Crippen molar-refractivity contribution in [2.75, 3.05) is 0 Å². The zero-order valence-corrected chi connectivity index (χ0v) is 11.3. The summed E-state index contributed by atoms with van der Waals surface area (Å²) < 4.78 is 0. The average Bonchev–Trinajstić information content (AvgIpc) is 2.25. The highest BCUT2D eigenvalue weighted by atomic mass is 31.1. The van der Waals surface area contributed by atoms with E-state index in [-0.39, 0.29) is 0 Å². The summed E-state index contributed by atoms with van der Waals surface area (Å²) in [4.78, 5) is 0. The van der Waals surface area contributed by atoms with Gasteiger partial charge in [0.05, 0.1) is 0 Å². The largest absolute Gasteiger partial charge is 0.0872 e. The summed E-state index contributed by atoms with van der Waals surface area (Å²) in [6.07, 6.45) is 10.3. The summed E-state index contributed by atoms with van der Waals surface area (Å²) in [7, 11) is 1.04. The van der Waals surface area contributed by atoms with E-state index in [4.69, 9.17) is 0 Å². The molecule has 0 nitrogen and oxygen atoms in total. The molecular formula is C15H23P.